The standard InChI is InChI=1S/C14H15F3N4O2/c1-9-7-11(23-19-9)10-3-2-5-21(10)13(22)8-20-6-4-12(18-20)14(15,16)17/h4,6-7,10H,2-3,5,8H2,1H3. The lowest BCUT2D eigenvalue weighted by atomic mass is 10.1. The maximum Gasteiger partial charge on any atom is 0.435 e. The Morgan fingerprint density at radius 2 is 2.26 bits per heavy atom. The van der Waals surface area contributed by atoms with Gasteiger partial charge in [0.05, 0.1) is 11.7 Å². The first kappa shape index (κ1) is 15.6. The van der Waals surface area contributed by atoms with Crippen molar-refractivity contribution in [1.29, 1.82) is 0 Å². The molecule has 0 spiro atoms. The van der Waals surface area contributed by atoms with Crippen molar-refractivity contribution < 1.29 is 22.5 Å². The summed E-state index contributed by atoms with van der Waals surface area (Å²) in [5, 5.41) is 7.22. The molecule has 3 heterocycles. The second-order valence-electron chi connectivity index (χ2n) is 5.51. The Morgan fingerprint density at radius 3 is 2.87 bits per heavy atom. The molecule has 6 nitrogen and oxygen atoms in total. The molecule has 0 N–H and O–H groups in total. The van der Waals surface area contributed by atoms with Gasteiger partial charge in [-0.25, -0.2) is 0 Å². The second-order valence-corrected chi connectivity index (χ2v) is 5.51. The Labute approximate surface area is 129 Å². The Bertz CT molecular complexity index is 707. The minimum atomic E-state index is -4.51. The maximum atomic E-state index is 12.5. The van der Waals surface area contributed by atoms with Gasteiger partial charge in [-0.05, 0) is 25.8 Å². The second kappa shape index (κ2) is 5.71. The third-order valence-electron chi connectivity index (χ3n) is 3.78. The number of alkyl halides is 3. The van der Waals surface area contributed by atoms with E-state index in [0.29, 0.717) is 12.3 Å². The number of hydrogen-bond acceptors (Lipinski definition) is 4. The van der Waals surface area contributed by atoms with Crippen LogP contribution in [-0.4, -0.2) is 32.3 Å². The minimum absolute atomic E-state index is 0.221. The van der Waals surface area contributed by atoms with E-state index < -0.39 is 11.9 Å². The lowest BCUT2D eigenvalue weighted by Crippen LogP contribution is -2.33. The molecule has 1 amide bonds. The van der Waals surface area contributed by atoms with Gasteiger partial charge in [0.2, 0.25) is 5.91 Å². The number of amides is 1. The molecule has 1 atom stereocenters. The molecule has 2 aromatic rings. The van der Waals surface area contributed by atoms with Gasteiger partial charge in [-0.15, -0.1) is 0 Å². The predicted molar refractivity (Wildman–Crippen MR) is 72.2 cm³/mol. The molecule has 1 aliphatic rings. The van der Waals surface area contributed by atoms with E-state index in [4.69, 9.17) is 4.52 Å². The van der Waals surface area contributed by atoms with Crippen molar-refractivity contribution in [3.63, 3.8) is 0 Å². The van der Waals surface area contributed by atoms with Crippen molar-refractivity contribution in [3.8, 4) is 0 Å². The van der Waals surface area contributed by atoms with Crippen LogP contribution in [0.15, 0.2) is 22.9 Å². The number of carbonyl (C=O) groups is 1. The Kier molecular flexibility index (Phi) is 3.87. The number of rotatable bonds is 3. The molecule has 1 fully saturated rings. The molecule has 1 unspecified atom stereocenters. The van der Waals surface area contributed by atoms with Gasteiger partial charge in [0.25, 0.3) is 0 Å². The van der Waals surface area contributed by atoms with Crippen molar-refractivity contribution in [2.45, 2.75) is 38.5 Å². The highest BCUT2D eigenvalue weighted by molar-refractivity contribution is 5.76. The van der Waals surface area contributed by atoms with Gasteiger partial charge in [-0.3, -0.25) is 9.48 Å². The molecular formula is C14H15F3N4O2. The lowest BCUT2D eigenvalue weighted by molar-refractivity contribution is -0.142. The first-order chi connectivity index (χ1) is 10.8. The monoisotopic (exact) mass is 328 g/mol. The molecule has 0 aliphatic carbocycles. The molecule has 1 saturated heterocycles. The summed E-state index contributed by atoms with van der Waals surface area (Å²) in [4.78, 5) is 14.0. The van der Waals surface area contributed by atoms with E-state index >= 15 is 0 Å². The highest BCUT2D eigenvalue weighted by Gasteiger charge is 2.35. The van der Waals surface area contributed by atoms with Crippen LogP contribution < -0.4 is 0 Å². The SMILES string of the molecule is Cc1cc(C2CCCN2C(=O)Cn2ccc(C(F)(F)F)n2)on1. The molecule has 1 aliphatic heterocycles. The minimum Gasteiger partial charge on any atom is -0.359 e. The summed E-state index contributed by atoms with van der Waals surface area (Å²) in [7, 11) is 0. The number of aryl methyl sites for hydroxylation is 1. The van der Waals surface area contributed by atoms with Gasteiger partial charge in [-0.2, -0.15) is 18.3 Å². The molecular weight excluding hydrogens is 313 g/mol. The van der Waals surface area contributed by atoms with Gasteiger partial charge < -0.3 is 9.42 Å². The Hall–Kier alpha value is -2.32. The van der Waals surface area contributed by atoms with Crippen LogP contribution in [0.25, 0.3) is 0 Å². The molecule has 124 valence electrons. The number of carbonyl (C=O) groups excluding carboxylic acids is 1. The molecule has 3 rings (SSSR count). The van der Waals surface area contributed by atoms with Gasteiger partial charge in [0, 0.05) is 18.8 Å². The third-order valence-corrected chi connectivity index (χ3v) is 3.78. The van der Waals surface area contributed by atoms with Gasteiger partial charge in [-0.1, -0.05) is 5.16 Å². The fourth-order valence-electron chi connectivity index (χ4n) is 2.73. The number of likely N-dealkylation sites (tertiary alicyclic amines) is 1. The molecule has 23 heavy (non-hydrogen) atoms. The summed E-state index contributed by atoms with van der Waals surface area (Å²) >= 11 is 0. The molecule has 2 aromatic heterocycles. The normalized spacial score (nSPS) is 18.6. The first-order valence-electron chi connectivity index (χ1n) is 7.18. The van der Waals surface area contributed by atoms with E-state index in [2.05, 4.69) is 10.3 Å². The van der Waals surface area contributed by atoms with Crippen molar-refractivity contribution in [2.24, 2.45) is 0 Å². The van der Waals surface area contributed by atoms with Gasteiger partial charge in [0.15, 0.2) is 11.5 Å². The van der Waals surface area contributed by atoms with Crippen LogP contribution in [0, 0.1) is 6.92 Å². The van der Waals surface area contributed by atoms with E-state index in [1.54, 1.807) is 17.9 Å². The first-order valence-corrected chi connectivity index (χ1v) is 7.18. The number of aromatic nitrogens is 3. The fourth-order valence-corrected chi connectivity index (χ4v) is 2.73. The highest BCUT2D eigenvalue weighted by atomic mass is 19.4. The molecule has 0 bridgehead atoms. The molecule has 9 heteroatoms. The number of hydrogen-bond donors (Lipinski definition) is 0. The summed E-state index contributed by atoms with van der Waals surface area (Å²) in [5.41, 5.74) is -0.282. The van der Waals surface area contributed by atoms with Crippen LogP contribution in [0.1, 0.15) is 36.0 Å². The van der Waals surface area contributed by atoms with E-state index in [1.165, 1.54) is 0 Å². The zero-order valence-electron chi connectivity index (χ0n) is 12.4. The zero-order chi connectivity index (χ0) is 16.6. The summed E-state index contributed by atoms with van der Waals surface area (Å²) in [5.74, 6) is 0.308. The van der Waals surface area contributed by atoms with Crippen LogP contribution >= 0.6 is 0 Å². The van der Waals surface area contributed by atoms with Crippen LogP contribution in [0.3, 0.4) is 0 Å². The van der Waals surface area contributed by atoms with Gasteiger partial charge in [0.1, 0.15) is 6.54 Å². The molecule has 0 saturated carbocycles. The van der Waals surface area contributed by atoms with E-state index in [1.807, 2.05) is 0 Å². The quantitative estimate of drug-likeness (QED) is 0.869. The summed E-state index contributed by atoms with van der Waals surface area (Å²) in [6, 6.07) is 2.40. The van der Waals surface area contributed by atoms with Crippen molar-refractivity contribution in [2.75, 3.05) is 6.54 Å². The largest absolute Gasteiger partial charge is 0.435 e. The summed E-state index contributed by atoms with van der Waals surface area (Å²) in [6.07, 6.45) is -1.80. The van der Waals surface area contributed by atoms with Crippen LogP contribution in [0.2, 0.25) is 0 Å². The highest BCUT2D eigenvalue weighted by Crippen LogP contribution is 2.32. The third kappa shape index (κ3) is 3.22. The summed E-state index contributed by atoms with van der Waals surface area (Å²) in [6.45, 7) is 2.09. The number of halogens is 3. The van der Waals surface area contributed by atoms with Gasteiger partial charge >= 0.3 is 6.18 Å². The summed E-state index contributed by atoms with van der Waals surface area (Å²) < 4.78 is 43.8. The van der Waals surface area contributed by atoms with E-state index in [-0.39, 0.29) is 18.5 Å². The van der Waals surface area contributed by atoms with Crippen molar-refractivity contribution >= 4 is 5.91 Å². The Balaban J connectivity index is 1.71. The fraction of sp³-hybridized carbons (Fsp3) is 0.500. The predicted octanol–water partition coefficient (Wildman–Crippen LogP) is 2.56. The van der Waals surface area contributed by atoms with Crippen LogP contribution in [-0.2, 0) is 17.5 Å². The average Bonchev–Trinajstić information content (AvgIpc) is 3.15. The van der Waals surface area contributed by atoms with Crippen molar-refractivity contribution in [3.05, 3.63) is 35.5 Å². The van der Waals surface area contributed by atoms with E-state index in [9.17, 15) is 18.0 Å². The lowest BCUT2D eigenvalue weighted by Gasteiger charge is -2.22. The molecule has 0 radical (unpaired) electrons. The van der Waals surface area contributed by atoms with E-state index in [0.717, 1.165) is 35.5 Å². The maximum absolute atomic E-state index is 12.5. The zero-order valence-corrected chi connectivity index (χ0v) is 12.4. The van der Waals surface area contributed by atoms with Crippen LogP contribution in [0.4, 0.5) is 13.2 Å². The topological polar surface area (TPSA) is 64.2 Å². The smallest absolute Gasteiger partial charge is 0.359 e. The number of nitrogens with zero attached hydrogens (tertiary/aromatic N) is 4. The van der Waals surface area contributed by atoms with Crippen molar-refractivity contribution in [1.82, 2.24) is 19.8 Å². The average molecular weight is 328 g/mol. The Morgan fingerprint density at radius 1 is 1.48 bits per heavy atom. The molecule has 0 aromatic carbocycles. The van der Waals surface area contributed by atoms with Crippen LogP contribution in [0.5, 0.6) is 0 Å².